The number of carbonyl (C=O) groups excluding carboxylic acids is 1. The third-order valence-electron chi connectivity index (χ3n) is 4.96. The van der Waals surface area contributed by atoms with Gasteiger partial charge < -0.3 is 24.9 Å². The van der Waals surface area contributed by atoms with Crippen LogP contribution in [0.4, 0.5) is 0 Å². The molecule has 7 nitrogen and oxygen atoms in total. The number of unbranched alkanes of at least 4 members (excludes halogenated alkanes) is 1. The van der Waals surface area contributed by atoms with Gasteiger partial charge in [0.2, 0.25) is 6.29 Å². The lowest BCUT2D eigenvalue weighted by Crippen LogP contribution is -2.33. The van der Waals surface area contributed by atoms with E-state index >= 15 is 0 Å². The molecular weight excluding hydrogens is 402 g/mol. The Balaban J connectivity index is 1.41. The second-order valence-electron chi connectivity index (χ2n) is 7.16. The van der Waals surface area contributed by atoms with Gasteiger partial charge in [0, 0.05) is 18.9 Å². The van der Waals surface area contributed by atoms with E-state index in [4.69, 9.17) is 14.6 Å². The summed E-state index contributed by atoms with van der Waals surface area (Å²) in [5.41, 5.74) is 2.95. The van der Waals surface area contributed by atoms with Crippen LogP contribution in [0.2, 0.25) is 0 Å². The average molecular weight is 428 g/mol. The van der Waals surface area contributed by atoms with Gasteiger partial charge in [-0.15, -0.1) is 0 Å². The first-order chi connectivity index (χ1) is 14.7. The van der Waals surface area contributed by atoms with E-state index in [2.05, 4.69) is 26.7 Å². The van der Waals surface area contributed by atoms with E-state index in [1.165, 1.54) is 0 Å². The molecule has 1 aliphatic heterocycles. The molecule has 1 aromatic carbocycles. The van der Waals surface area contributed by atoms with E-state index in [1.807, 2.05) is 35.7 Å². The molecule has 8 heteroatoms. The molecule has 0 unspecified atom stereocenters. The molecule has 0 saturated carbocycles. The summed E-state index contributed by atoms with van der Waals surface area (Å²) in [4.78, 5) is 20.5. The summed E-state index contributed by atoms with van der Waals surface area (Å²) in [6.07, 6.45) is 3.45. The fourth-order valence-electron chi connectivity index (χ4n) is 3.41. The lowest BCUT2D eigenvalue weighted by molar-refractivity contribution is -0.146. The highest BCUT2D eigenvalue weighted by molar-refractivity contribution is 7.08. The summed E-state index contributed by atoms with van der Waals surface area (Å²) in [6.45, 7) is 0.899. The molecule has 2 aromatic heterocycles. The van der Waals surface area contributed by atoms with Crippen LogP contribution in [0.3, 0.4) is 0 Å². The van der Waals surface area contributed by atoms with Gasteiger partial charge in [0.05, 0.1) is 24.2 Å². The second-order valence-corrected chi connectivity index (χ2v) is 7.94. The summed E-state index contributed by atoms with van der Waals surface area (Å²) in [5.74, 6) is 0.715. The molecule has 0 fully saturated rings. The van der Waals surface area contributed by atoms with E-state index in [-0.39, 0.29) is 30.7 Å². The summed E-state index contributed by atoms with van der Waals surface area (Å²) in [5, 5.41) is 15.9. The number of amides is 1. The number of ether oxygens (including phenoxy) is 2. The van der Waals surface area contributed by atoms with Gasteiger partial charge in [-0.1, -0.05) is 12.1 Å². The topological polar surface area (TPSA) is 96.5 Å². The minimum absolute atomic E-state index is 0.0554. The number of H-pyrrole nitrogens is 1. The molecule has 30 heavy (non-hydrogen) atoms. The number of hydrogen-bond acceptors (Lipinski definition) is 6. The van der Waals surface area contributed by atoms with Crippen molar-refractivity contribution in [3.8, 4) is 0 Å². The van der Waals surface area contributed by atoms with Gasteiger partial charge in [0.1, 0.15) is 5.82 Å². The molecule has 0 spiro atoms. The minimum Gasteiger partial charge on any atom is -0.459 e. The van der Waals surface area contributed by atoms with Crippen molar-refractivity contribution in [2.45, 2.75) is 38.0 Å². The molecule has 3 aromatic rings. The monoisotopic (exact) mass is 427 g/mol. The summed E-state index contributed by atoms with van der Waals surface area (Å²) < 4.78 is 11.7. The van der Waals surface area contributed by atoms with Crippen LogP contribution < -0.4 is 5.32 Å². The first-order valence-electron chi connectivity index (χ1n) is 10.1. The summed E-state index contributed by atoms with van der Waals surface area (Å²) in [6, 6.07) is 9.80. The van der Waals surface area contributed by atoms with E-state index in [1.54, 1.807) is 11.3 Å². The molecule has 3 N–H and O–H groups in total. The zero-order chi connectivity index (χ0) is 20.8. The smallest absolute Gasteiger partial charge is 0.286 e. The standard InChI is InChI=1S/C22H25N3O4S/c26-8-3-4-9-28-21-12-16(15-7-10-30-14-15)11-19(29-21)22(27)23-13-20-24-17-5-1-2-6-18(17)25-20/h1-2,5-7,10-11,14,16,21,26H,3-4,8-9,12-13H2,(H,23,27)(H,24,25)/t16-,21+/m1/s1. The molecule has 0 aliphatic carbocycles. The Morgan fingerprint density at radius 3 is 3.03 bits per heavy atom. The first-order valence-corrected chi connectivity index (χ1v) is 11.0. The quantitative estimate of drug-likeness (QED) is 0.455. The van der Waals surface area contributed by atoms with Crippen molar-refractivity contribution in [1.29, 1.82) is 0 Å². The number of imidazole rings is 1. The lowest BCUT2D eigenvalue weighted by atomic mass is 9.95. The molecule has 0 bridgehead atoms. The number of aromatic amines is 1. The Kier molecular flexibility index (Phi) is 6.78. The largest absolute Gasteiger partial charge is 0.459 e. The number of carbonyl (C=O) groups is 1. The molecular formula is C22H25N3O4S. The van der Waals surface area contributed by atoms with Gasteiger partial charge >= 0.3 is 0 Å². The number of rotatable bonds is 9. The second kappa shape index (κ2) is 9.88. The number of nitrogens with one attached hydrogen (secondary N) is 2. The Hall–Kier alpha value is -2.68. The number of aliphatic hydroxyl groups excluding tert-OH is 1. The highest BCUT2D eigenvalue weighted by Gasteiger charge is 2.29. The highest BCUT2D eigenvalue weighted by Crippen LogP contribution is 2.32. The third kappa shape index (κ3) is 5.08. The number of fused-ring (bicyclic) bond motifs is 1. The van der Waals surface area contributed by atoms with Crippen molar-refractivity contribution in [1.82, 2.24) is 15.3 Å². The first kappa shape index (κ1) is 20.6. The van der Waals surface area contributed by atoms with E-state index in [0.29, 0.717) is 25.3 Å². The zero-order valence-electron chi connectivity index (χ0n) is 16.5. The molecule has 1 aliphatic rings. The van der Waals surface area contributed by atoms with Crippen LogP contribution in [0, 0.1) is 0 Å². The highest BCUT2D eigenvalue weighted by atomic mass is 32.1. The van der Waals surface area contributed by atoms with Crippen molar-refractivity contribution < 1.29 is 19.4 Å². The fourth-order valence-corrected chi connectivity index (χ4v) is 4.13. The zero-order valence-corrected chi connectivity index (χ0v) is 17.4. The molecule has 0 radical (unpaired) electrons. The molecule has 0 saturated heterocycles. The number of benzene rings is 1. The van der Waals surface area contributed by atoms with Gasteiger partial charge in [-0.05, 0) is 53.4 Å². The maximum Gasteiger partial charge on any atom is 0.286 e. The number of hydrogen-bond donors (Lipinski definition) is 3. The maximum absolute atomic E-state index is 12.8. The average Bonchev–Trinajstić information content (AvgIpc) is 3.44. The Labute approximate surface area is 178 Å². The van der Waals surface area contributed by atoms with E-state index in [0.717, 1.165) is 23.0 Å². The van der Waals surface area contributed by atoms with Gasteiger partial charge in [0.15, 0.2) is 5.76 Å². The lowest BCUT2D eigenvalue weighted by Gasteiger charge is -2.29. The van der Waals surface area contributed by atoms with Crippen LogP contribution in [0.1, 0.15) is 36.6 Å². The predicted molar refractivity (Wildman–Crippen MR) is 115 cm³/mol. The summed E-state index contributed by atoms with van der Waals surface area (Å²) >= 11 is 1.63. The van der Waals surface area contributed by atoms with Crippen LogP contribution in [0.25, 0.3) is 11.0 Å². The predicted octanol–water partition coefficient (Wildman–Crippen LogP) is 3.44. The van der Waals surface area contributed by atoms with Crippen molar-refractivity contribution in [3.05, 3.63) is 64.3 Å². The van der Waals surface area contributed by atoms with Gasteiger partial charge in [-0.25, -0.2) is 4.98 Å². The number of thiophene rings is 1. The molecule has 4 rings (SSSR count). The number of aromatic nitrogens is 2. The Bertz CT molecular complexity index is 966. The Morgan fingerprint density at radius 1 is 1.33 bits per heavy atom. The number of allylic oxidation sites excluding steroid dienone is 1. The van der Waals surface area contributed by atoms with Gasteiger partial charge in [-0.3, -0.25) is 4.79 Å². The van der Waals surface area contributed by atoms with E-state index in [9.17, 15) is 4.79 Å². The normalized spacial score (nSPS) is 18.8. The van der Waals surface area contributed by atoms with Crippen LogP contribution in [0.15, 0.2) is 52.9 Å². The molecule has 1 amide bonds. The van der Waals surface area contributed by atoms with Crippen molar-refractivity contribution in [3.63, 3.8) is 0 Å². The Morgan fingerprint density at radius 2 is 2.23 bits per heavy atom. The van der Waals surface area contributed by atoms with Crippen molar-refractivity contribution in [2.75, 3.05) is 13.2 Å². The summed E-state index contributed by atoms with van der Waals surface area (Å²) in [7, 11) is 0. The minimum atomic E-state index is -0.495. The number of aliphatic hydroxyl groups is 1. The van der Waals surface area contributed by atoms with Crippen LogP contribution in [-0.2, 0) is 20.8 Å². The van der Waals surface area contributed by atoms with Crippen molar-refractivity contribution >= 4 is 28.3 Å². The van der Waals surface area contributed by atoms with Crippen LogP contribution in [0.5, 0.6) is 0 Å². The molecule has 158 valence electrons. The third-order valence-corrected chi connectivity index (χ3v) is 5.66. The fraction of sp³-hybridized carbons (Fsp3) is 0.364. The van der Waals surface area contributed by atoms with Gasteiger partial charge in [-0.2, -0.15) is 11.3 Å². The molecule has 3 heterocycles. The number of nitrogens with zero attached hydrogens (tertiary/aromatic N) is 1. The van der Waals surface area contributed by atoms with Crippen molar-refractivity contribution in [2.24, 2.45) is 0 Å². The van der Waals surface area contributed by atoms with Crippen LogP contribution >= 0.6 is 11.3 Å². The number of para-hydroxylation sites is 2. The van der Waals surface area contributed by atoms with Crippen LogP contribution in [-0.4, -0.2) is 40.5 Å². The maximum atomic E-state index is 12.8. The SMILES string of the molecule is O=C(NCc1nc2ccccc2[nH]1)C1=C[C@@H](c2ccsc2)C[C@@H](OCCCCO)O1. The molecule has 2 atom stereocenters. The van der Waals surface area contributed by atoms with Gasteiger partial charge in [0.25, 0.3) is 5.91 Å². The van der Waals surface area contributed by atoms with E-state index < -0.39 is 6.29 Å².